The molecule has 0 aliphatic heterocycles. The van der Waals surface area contributed by atoms with Crippen molar-refractivity contribution >= 4 is 44.2 Å². The second kappa shape index (κ2) is 3.33. The van der Waals surface area contributed by atoms with Crippen molar-refractivity contribution in [3.63, 3.8) is 0 Å². The van der Waals surface area contributed by atoms with E-state index in [4.69, 9.17) is 0 Å². The number of nitrogens with zero attached hydrogens (tertiary/aromatic N) is 2. The van der Waals surface area contributed by atoms with E-state index in [0.717, 1.165) is 16.7 Å². The maximum absolute atomic E-state index is 4.40. The lowest BCUT2D eigenvalue weighted by Crippen LogP contribution is -1.81. The first kappa shape index (κ1) is 8.50. The van der Waals surface area contributed by atoms with Gasteiger partial charge in [-0.25, -0.2) is 4.98 Å². The highest BCUT2D eigenvalue weighted by Gasteiger charge is 1.99. The number of alkyl halides is 1. The molecular weight excluding hydrogens is 331 g/mol. The lowest BCUT2D eigenvalue weighted by atomic mass is 10.5. The zero-order valence-electron chi connectivity index (χ0n) is 6.17. The molecule has 12 heavy (non-hydrogen) atoms. The first-order valence-electron chi connectivity index (χ1n) is 3.49. The summed E-state index contributed by atoms with van der Waals surface area (Å²) in [6, 6.07) is 4.12. The van der Waals surface area contributed by atoms with Gasteiger partial charge < -0.3 is 4.40 Å². The Hall–Kier alpha value is -0.100. The van der Waals surface area contributed by atoms with Crippen LogP contribution >= 0.6 is 38.5 Å². The van der Waals surface area contributed by atoms with E-state index in [9.17, 15) is 0 Å². The third-order valence-corrected chi connectivity index (χ3v) is 2.85. The normalized spacial score (nSPS) is 10.8. The van der Waals surface area contributed by atoms with Crippen molar-refractivity contribution in [3.05, 3.63) is 33.8 Å². The molecule has 62 valence electrons. The highest BCUT2D eigenvalue weighted by Crippen LogP contribution is 2.11. The minimum Gasteiger partial charge on any atom is -0.307 e. The fraction of sp³-hybridized carbons (Fsp3) is 0.125. The molecule has 0 spiro atoms. The van der Waals surface area contributed by atoms with Crippen LogP contribution in [-0.4, -0.2) is 9.38 Å². The molecule has 0 aliphatic carbocycles. The van der Waals surface area contributed by atoms with Crippen LogP contribution in [0.3, 0.4) is 0 Å². The maximum atomic E-state index is 4.40. The van der Waals surface area contributed by atoms with Crippen molar-refractivity contribution in [1.29, 1.82) is 0 Å². The third kappa shape index (κ3) is 1.50. The van der Waals surface area contributed by atoms with Gasteiger partial charge in [0.05, 0.1) is 5.69 Å². The molecule has 0 aromatic carbocycles. The number of hydrogen-bond donors (Lipinski definition) is 0. The summed E-state index contributed by atoms with van der Waals surface area (Å²) in [5.74, 6) is 0. The van der Waals surface area contributed by atoms with Gasteiger partial charge >= 0.3 is 0 Å². The summed E-state index contributed by atoms with van der Waals surface area (Å²) in [5.41, 5.74) is 2.08. The van der Waals surface area contributed by atoms with Crippen LogP contribution in [0, 0.1) is 3.57 Å². The summed E-state index contributed by atoms with van der Waals surface area (Å²) in [6.07, 6.45) is 4.05. The van der Waals surface area contributed by atoms with Gasteiger partial charge in [-0.15, -0.1) is 0 Å². The van der Waals surface area contributed by atoms with Crippen LogP contribution in [0.4, 0.5) is 0 Å². The molecule has 0 bridgehead atoms. The summed E-state index contributed by atoms with van der Waals surface area (Å²) in [4.78, 5) is 4.40. The first-order chi connectivity index (χ1) is 5.79. The Kier molecular flexibility index (Phi) is 2.36. The Morgan fingerprint density at radius 3 is 3.17 bits per heavy atom. The zero-order valence-corrected chi connectivity index (χ0v) is 9.91. The lowest BCUT2D eigenvalue weighted by Gasteiger charge is -1.91. The van der Waals surface area contributed by atoms with Crippen molar-refractivity contribution in [2.24, 2.45) is 0 Å². The van der Waals surface area contributed by atoms with Crippen molar-refractivity contribution in [2.45, 2.75) is 5.33 Å². The quantitative estimate of drug-likeness (QED) is 0.578. The fourth-order valence-electron chi connectivity index (χ4n) is 1.07. The van der Waals surface area contributed by atoms with Gasteiger partial charge in [-0.3, -0.25) is 0 Å². The Balaban J connectivity index is 2.67. The van der Waals surface area contributed by atoms with Gasteiger partial charge in [0.2, 0.25) is 0 Å². The molecule has 0 N–H and O–H groups in total. The average molecular weight is 337 g/mol. The standard InChI is InChI=1S/C8H6BrIN2/c9-4-7-5-12-2-1-6(10)3-8(12)11-7/h1-3,5H,4H2. The second-order valence-corrected chi connectivity index (χ2v) is 4.28. The van der Waals surface area contributed by atoms with Gasteiger partial charge in [0.15, 0.2) is 0 Å². The molecule has 0 unspecified atom stereocenters. The van der Waals surface area contributed by atoms with E-state index in [0.29, 0.717) is 0 Å². The van der Waals surface area contributed by atoms with Crippen molar-refractivity contribution in [1.82, 2.24) is 9.38 Å². The van der Waals surface area contributed by atoms with E-state index in [1.54, 1.807) is 0 Å². The monoisotopic (exact) mass is 336 g/mol. The van der Waals surface area contributed by atoms with Crippen LogP contribution in [0.5, 0.6) is 0 Å². The number of rotatable bonds is 1. The first-order valence-corrected chi connectivity index (χ1v) is 5.69. The third-order valence-electron chi connectivity index (χ3n) is 1.61. The van der Waals surface area contributed by atoms with Crippen LogP contribution in [0.1, 0.15) is 5.69 Å². The van der Waals surface area contributed by atoms with Crippen molar-refractivity contribution in [2.75, 3.05) is 0 Å². The molecule has 0 saturated heterocycles. The minimum absolute atomic E-state index is 0.811. The topological polar surface area (TPSA) is 17.3 Å². The molecule has 0 saturated carbocycles. The molecule has 0 fully saturated rings. The van der Waals surface area contributed by atoms with E-state index in [1.165, 1.54) is 3.57 Å². The van der Waals surface area contributed by atoms with E-state index in [-0.39, 0.29) is 0 Å². The molecule has 0 radical (unpaired) electrons. The second-order valence-electron chi connectivity index (χ2n) is 2.48. The Morgan fingerprint density at radius 2 is 2.42 bits per heavy atom. The number of aromatic nitrogens is 2. The number of pyridine rings is 1. The molecule has 0 amide bonds. The van der Waals surface area contributed by atoms with Gasteiger partial charge in [0.1, 0.15) is 5.65 Å². The summed E-state index contributed by atoms with van der Waals surface area (Å²) in [7, 11) is 0. The zero-order chi connectivity index (χ0) is 8.55. The summed E-state index contributed by atoms with van der Waals surface area (Å²) in [6.45, 7) is 0. The van der Waals surface area contributed by atoms with E-state index in [1.807, 2.05) is 16.8 Å². The van der Waals surface area contributed by atoms with Crippen LogP contribution < -0.4 is 0 Å². The van der Waals surface area contributed by atoms with Crippen molar-refractivity contribution < 1.29 is 0 Å². The van der Waals surface area contributed by atoms with E-state index < -0.39 is 0 Å². The highest BCUT2D eigenvalue weighted by atomic mass is 127. The molecule has 0 atom stereocenters. The molecule has 2 aromatic rings. The number of hydrogen-bond acceptors (Lipinski definition) is 1. The lowest BCUT2D eigenvalue weighted by molar-refractivity contribution is 1.18. The Morgan fingerprint density at radius 1 is 1.58 bits per heavy atom. The van der Waals surface area contributed by atoms with Crippen LogP contribution in [0.2, 0.25) is 0 Å². The van der Waals surface area contributed by atoms with Gasteiger partial charge in [-0.2, -0.15) is 0 Å². The summed E-state index contributed by atoms with van der Waals surface area (Å²) < 4.78 is 3.24. The molecule has 2 rings (SSSR count). The molecule has 2 heterocycles. The predicted octanol–water partition coefficient (Wildman–Crippen LogP) is 2.83. The molecular formula is C8H6BrIN2. The van der Waals surface area contributed by atoms with Crippen molar-refractivity contribution in [3.8, 4) is 0 Å². The molecule has 2 aromatic heterocycles. The average Bonchev–Trinajstić information content (AvgIpc) is 2.46. The molecule has 0 aliphatic rings. The smallest absolute Gasteiger partial charge is 0.138 e. The van der Waals surface area contributed by atoms with E-state index >= 15 is 0 Å². The molecule has 2 nitrogen and oxygen atoms in total. The maximum Gasteiger partial charge on any atom is 0.138 e. The largest absolute Gasteiger partial charge is 0.307 e. The van der Waals surface area contributed by atoms with Gasteiger partial charge in [0, 0.05) is 21.3 Å². The minimum atomic E-state index is 0.811. The van der Waals surface area contributed by atoms with Crippen LogP contribution in [-0.2, 0) is 5.33 Å². The van der Waals surface area contributed by atoms with Crippen LogP contribution in [0.25, 0.3) is 5.65 Å². The summed E-state index contributed by atoms with van der Waals surface area (Å²) >= 11 is 5.66. The van der Waals surface area contributed by atoms with Gasteiger partial charge in [-0.1, -0.05) is 15.9 Å². The number of halogens is 2. The predicted molar refractivity (Wildman–Crippen MR) is 60.5 cm³/mol. The number of fused-ring (bicyclic) bond motifs is 1. The molecule has 4 heteroatoms. The SMILES string of the molecule is BrCc1cn2ccc(I)cc2n1. The van der Waals surface area contributed by atoms with Gasteiger partial charge in [-0.05, 0) is 34.7 Å². The Bertz CT molecular complexity index is 410. The van der Waals surface area contributed by atoms with Crippen LogP contribution in [0.15, 0.2) is 24.5 Å². The highest BCUT2D eigenvalue weighted by molar-refractivity contribution is 14.1. The van der Waals surface area contributed by atoms with Gasteiger partial charge in [0.25, 0.3) is 0 Å². The Labute approximate surface area is 92.3 Å². The number of imidazole rings is 1. The fourth-order valence-corrected chi connectivity index (χ4v) is 1.78. The summed E-state index contributed by atoms with van der Waals surface area (Å²) in [5, 5.41) is 0.811. The van der Waals surface area contributed by atoms with E-state index in [2.05, 4.69) is 55.6 Å².